The Morgan fingerprint density at radius 3 is 2.19 bits per heavy atom. The predicted octanol–water partition coefficient (Wildman–Crippen LogP) is 3.39. The summed E-state index contributed by atoms with van der Waals surface area (Å²) in [5, 5.41) is 0. The molecule has 7 heteroatoms. The van der Waals surface area contributed by atoms with Gasteiger partial charge in [-0.1, -0.05) is 12.1 Å². The summed E-state index contributed by atoms with van der Waals surface area (Å²) in [5.41, 5.74) is 0.882. The average molecular weight is 379 g/mol. The van der Waals surface area contributed by atoms with Crippen molar-refractivity contribution in [2.24, 2.45) is 5.92 Å². The van der Waals surface area contributed by atoms with Gasteiger partial charge in [0.25, 0.3) is 0 Å². The topological polar surface area (TPSA) is 54.5 Å². The molecule has 0 bridgehead atoms. The van der Waals surface area contributed by atoms with E-state index < -0.39 is 27.6 Å². The van der Waals surface area contributed by atoms with Crippen molar-refractivity contribution in [3.8, 4) is 0 Å². The van der Waals surface area contributed by atoms with Crippen LogP contribution in [0.5, 0.6) is 0 Å². The molecule has 2 aromatic carbocycles. The van der Waals surface area contributed by atoms with Gasteiger partial charge in [0.2, 0.25) is 10.0 Å². The molecule has 26 heavy (non-hydrogen) atoms. The number of rotatable bonds is 5. The molecule has 0 N–H and O–H groups in total. The minimum absolute atomic E-state index is 0.111. The van der Waals surface area contributed by atoms with Gasteiger partial charge in [0, 0.05) is 24.6 Å². The number of piperidine rings is 1. The quantitative estimate of drug-likeness (QED) is 0.749. The third kappa shape index (κ3) is 4.34. The SMILES string of the molecule is O=C(c1ccc(F)cc1)C1CCCN(S(=O)(=O)Cc2ccc(F)cc2)C1. The average Bonchev–Trinajstić information content (AvgIpc) is 2.64. The van der Waals surface area contributed by atoms with Crippen molar-refractivity contribution >= 4 is 15.8 Å². The third-order valence-electron chi connectivity index (χ3n) is 4.54. The highest BCUT2D eigenvalue weighted by Gasteiger charge is 2.32. The standard InChI is InChI=1S/C19H19F2NO3S/c20-17-7-3-14(4-8-17)13-26(24,25)22-11-1-2-16(12-22)19(23)15-5-9-18(21)10-6-15/h3-10,16H,1-2,11-13H2. The number of Topliss-reactive ketones (excluding diaryl/α,β-unsaturated/α-hetero) is 1. The zero-order valence-corrected chi connectivity index (χ0v) is 14.9. The molecule has 1 heterocycles. The Kier molecular flexibility index (Phi) is 5.48. The second-order valence-electron chi connectivity index (χ2n) is 6.45. The van der Waals surface area contributed by atoms with E-state index in [0.717, 1.165) is 0 Å². The van der Waals surface area contributed by atoms with Gasteiger partial charge in [-0.15, -0.1) is 0 Å². The molecule has 0 spiro atoms. The van der Waals surface area contributed by atoms with Gasteiger partial charge in [-0.05, 0) is 54.8 Å². The number of halogens is 2. The van der Waals surface area contributed by atoms with Crippen molar-refractivity contribution in [3.63, 3.8) is 0 Å². The number of benzene rings is 2. The van der Waals surface area contributed by atoms with E-state index in [9.17, 15) is 22.0 Å². The fraction of sp³-hybridized carbons (Fsp3) is 0.316. The van der Waals surface area contributed by atoms with Crippen LogP contribution in [0.1, 0.15) is 28.8 Å². The molecule has 0 amide bonds. The van der Waals surface area contributed by atoms with E-state index in [0.29, 0.717) is 30.5 Å². The number of ketones is 1. The van der Waals surface area contributed by atoms with Crippen LogP contribution < -0.4 is 0 Å². The molecule has 0 aliphatic carbocycles. The monoisotopic (exact) mass is 379 g/mol. The van der Waals surface area contributed by atoms with Crippen LogP contribution in [-0.2, 0) is 15.8 Å². The van der Waals surface area contributed by atoms with Crippen molar-refractivity contribution < 1.29 is 22.0 Å². The highest BCUT2D eigenvalue weighted by atomic mass is 32.2. The Hall–Kier alpha value is -2.12. The van der Waals surface area contributed by atoms with Crippen molar-refractivity contribution in [1.29, 1.82) is 0 Å². The fourth-order valence-electron chi connectivity index (χ4n) is 3.14. The second-order valence-corrected chi connectivity index (χ2v) is 8.42. The molecule has 1 unspecified atom stereocenters. The second kappa shape index (κ2) is 7.63. The molecule has 0 aromatic heterocycles. The van der Waals surface area contributed by atoms with E-state index >= 15 is 0 Å². The zero-order valence-electron chi connectivity index (χ0n) is 14.1. The number of hydrogen-bond donors (Lipinski definition) is 0. The largest absolute Gasteiger partial charge is 0.294 e. The summed E-state index contributed by atoms with van der Waals surface area (Å²) in [7, 11) is -3.61. The third-order valence-corrected chi connectivity index (χ3v) is 6.36. The molecule has 3 rings (SSSR count). The maximum absolute atomic E-state index is 13.0. The Balaban J connectivity index is 1.71. The first-order valence-corrected chi connectivity index (χ1v) is 9.98. The summed E-state index contributed by atoms with van der Waals surface area (Å²) >= 11 is 0. The van der Waals surface area contributed by atoms with E-state index in [2.05, 4.69) is 0 Å². The van der Waals surface area contributed by atoms with Gasteiger partial charge in [-0.25, -0.2) is 21.5 Å². The molecule has 1 fully saturated rings. The van der Waals surface area contributed by atoms with Crippen LogP contribution in [0.15, 0.2) is 48.5 Å². The van der Waals surface area contributed by atoms with Gasteiger partial charge in [0.15, 0.2) is 5.78 Å². The summed E-state index contributed by atoms with van der Waals surface area (Å²) in [4.78, 5) is 12.6. The number of hydrogen-bond acceptors (Lipinski definition) is 3. The minimum Gasteiger partial charge on any atom is -0.294 e. The van der Waals surface area contributed by atoms with Crippen molar-refractivity contribution in [2.75, 3.05) is 13.1 Å². The summed E-state index contributed by atoms with van der Waals surface area (Å²) in [6, 6.07) is 10.6. The normalized spacial score (nSPS) is 18.6. The summed E-state index contributed by atoms with van der Waals surface area (Å²) in [6.07, 6.45) is 1.18. The summed E-state index contributed by atoms with van der Waals surface area (Å²) in [6.45, 7) is 0.469. The molecule has 1 aliphatic heterocycles. The number of nitrogens with zero attached hydrogens (tertiary/aromatic N) is 1. The molecule has 0 radical (unpaired) electrons. The molecule has 2 aromatic rings. The van der Waals surface area contributed by atoms with Crippen molar-refractivity contribution in [1.82, 2.24) is 4.31 Å². The summed E-state index contributed by atoms with van der Waals surface area (Å²) < 4.78 is 52.6. The number of sulfonamides is 1. The van der Waals surface area contributed by atoms with E-state index in [1.54, 1.807) is 0 Å². The number of carbonyl (C=O) groups excluding carboxylic acids is 1. The lowest BCUT2D eigenvalue weighted by Gasteiger charge is -2.31. The van der Waals surface area contributed by atoms with Crippen LogP contribution in [0.4, 0.5) is 8.78 Å². The van der Waals surface area contributed by atoms with E-state index in [4.69, 9.17) is 0 Å². The van der Waals surface area contributed by atoms with Crippen molar-refractivity contribution in [2.45, 2.75) is 18.6 Å². The Morgan fingerprint density at radius 2 is 1.58 bits per heavy atom. The van der Waals surface area contributed by atoms with Gasteiger partial charge < -0.3 is 0 Å². The predicted molar refractivity (Wildman–Crippen MR) is 94.1 cm³/mol. The van der Waals surface area contributed by atoms with Crippen LogP contribution in [0.2, 0.25) is 0 Å². The fourth-order valence-corrected chi connectivity index (χ4v) is 4.75. The maximum Gasteiger partial charge on any atom is 0.218 e. The van der Waals surface area contributed by atoms with E-state index in [1.165, 1.54) is 52.8 Å². The summed E-state index contributed by atoms with van der Waals surface area (Å²) in [5.74, 6) is -1.70. The lowest BCUT2D eigenvalue weighted by molar-refractivity contribution is 0.0872. The lowest BCUT2D eigenvalue weighted by atomic mass is 9.91. The first kappa shape index (κ1) is 18.7. The Morgan fingerprint density at radius 1 is 1.00 bits per heavy atom. The van der Waals surface area contributed by atoms with Crippen molar-refractivity contribution in [3.05, 3.63) is 71.3 Å². The Bertz CT molecular complexity index is 880. The minimum atomic E-state index is -3.61. The molecular formula is C19H19F2NO3S. The molecule has 1 aliphatic rings. The molecule has 1 saturated heterocycles. The van der Waals surface area contributed by atoms with Crippen LogP contribution in [-0.4, -0.2) is 31.6 Å². The molecular weight excluding hydrogens is 360 g/mol. The van der Waals surface area contributed by atoms with Gasteiger partial charge >= 0.3 is 0 Å². The molecule has 1 atom stereocenters. The van der Waals surface area contributed by atoms with Crippen LogP contribution in [0.25, 0.3) is 0 Å². The lowest BCUT2D eigenvalue weighted by Crippen LogP contribution is -2.42. The smallest absolute Gasteiger partial charge is 0.218 e. The van der Waals surface area contributed by atoms with Crippen LogP contribution in [0.3, 0.4) is 0 Å². The van der Waals surface area contributed by atoms with Gasteiger partial charge in [0.1, 0.15) is 11.6 Å². The van der Waals surface area contributed by atoms with E-state index in [-0.39, 0.29) is 18.1 Å². The molecule has 138 valence electrons. The van der Waals surface area contributed by atoms with Crippen LogP contribution in [0, 0.1) is 17.6 Å². The molecule has 4 nitrogen and oxygen atoms in total. The maximum atomic E-state index is 13.0. The Labute approximate surface area is 151 Å². The first-order chi connectivity index (χ1) is 12.3. The van der Waals surface area contributed by atoms with Gasteiger partial charge in [0.05, 0.1) is 5.75 Å². The first-order valence-electron chi connectivity index (χ1n) is 8.37. The molecule has 0 saturated carbocycles. The van der Waals surface area contributed by atoms with Crippen LogP contribution >= 0.6 is 0 Å². The zero-order chi connectivity index (χ0) is 18.7. The highest BCUT2D eigenvalue weighted by Crippen LogP contribution is 2.24. The van der Waals surface area contributed by atoms with Gasteiger partial charge in [-0.2, -0.15) is 0 Å². The highest BCUT2D eigenvalue weighted by molar-refractivity contribution is 7.88. The number of carbonyl (C=O) groups is 1. The van der Waals surface area contributed by atoms with E-state index in [1.807, 2.05) is 0 Å². The van der Waals surface area contributed by atoms with Gasteiger partial charge in [-0.3, -0.25) is 4.79 Å².